The predicted octanol–water partition coefficient (Wildman–Crippen LogP) is 1.89. The predicted molar refractivity (Wildman–Crippen MR) is 77.8 cm³/mol. The molecule has 0 radical (unpaired) electrons. The van der Waals surface area contributed by atoms with Gasteiger partial charge in [0.1, 0.15) is 5.69 Å². The Hall–Kier alpha value is -1.36. The van der Waals surface area contributed by atoms with Crippen molar-refractivity contribution in [3.05, 3.63) is 17.5 Å². The van der Waals surface area contributed by atoms with E-state index in [9.17, 15) is 4.79 Å². The van der Waals surface area contributed by atoms with E-state index < -0.39 is 0 Å². The molecule has 1 saturated heterocycles. The first-order valence-electron chi connectivity index (χ1n) is 7.81. The number of aromatic nitrogens is 2. The molecule has 110 valence electrons. The number of H-pyrrole nitrogens is 1. The summed E-state index contributed by atoms with van der Waals surface area (Å²) >= 11 is 0. The molecule has 1 aromatic rings. The van der Waals surface area contributed by atoms with Crippen LogP contribution in [0.4, 0.5) is 0 Å². The lowest BCUT2D eigenvalue weighted by Crippen LogP contribution is -2.42. The standard InChI is InChI=1S/C15H24N4O/c1-11-4-2-3-8-19(11)9-7-16-15(20)14-10-13(17-18-14)12-5-6-12/h10-12H,2-9H2,1H3,(H,16,20)(H,17,18). The average molecular weight is 276 g/mol. The van der Waals surface area contributed by atoms with Crippen molar-refractivity contribution in [1.29, 1.82) is 0 Å². The number of likely N-dealkylation sites (tertiary alicyclic amines) is 1. The summed E-state index contributed by atoms with van der Waals surface area (Å²) < 4.78 is 0. The maximum absolute atomic E-state index is 12.0. The minimum atomic E-state index is -0.0576. The van der Waals surface area contributed by atoms with Gasteiger partial charge in [-0.15, -0.1) is 0 Å². The Labute approximate surface area is 120 Å². The molecule has 1 amide bonds. The van der Waals surface area contributed by atoms with Crippen molar-refractivity contribution in [2.75, 3.05) is 19.6 Å². The number of nitrogens with zero attached hydrogens (tertiary/aromatic N) is 2. The van der Waals surface area contributed by atoms with Crippen LogP contribution >= 0.6 is 0 Å². The minimum Gasteiger partial charge on any atom is -0.349 e. The highest BCUT2D eigenvalue weighted by Gasteiger charge is 2.26. The molecule has 2 heterocycles. The third-order valence-corrected chi connectivity index (χ3v) is 4.47. The largest absolute Gasteiger partial charge is 0.349 e. The van der Waals surface area contributed by atoms with E-state index in [4.69, 9.17) is 0 Å². The molecule has 5 heteroatoms. The van der Waals surface area contributed by atoms with Crippen LogP contribution in [0.25, 0.3) is 0 Å². The molecule has 2 aliphatic rings. The molecule has 5 nitrogen and oxygen atoms in total. The van der Waals surface area contributed by atoms with E-state index in [1.54, 1.807) is 0 Å². The number of nitrogens with one attached hydrogen (secondary N) is 2. The number of aromatic amines is 1. The lowest BCUT2D eigenvalue weighted by atomic mass is 10.0. The van der Waals surface area contributed by atoms with Gasteiger partial charge in [0.05, 0.1) is 0 Å². The summed E-state index contributed by atoms with van der Waals surface area (Å²) in [7, 11) is 0. The molecule has 0 aromatic carbocycles. The molecule has 1 unspecified atom stereocenters. The molecule has 1 saturated carbocycles. The molecule has 2 N–H and O–H groups in total. The van der Waals surface area contributed by atoms with Crippen molar-refractivity contribution in [1.82, 2.24) is 20.4 Å². The van der Waals surface area contributed by atoms with Crippen LogP contribution in [0.5, 0.6) is 0 Å². The maximum Gasteiger partial charge on any atom is 0.271 e. The summed E-state index contributed by atoms with van der Waals surface area (Å²) in [5, 5.41) is 10.1. The molecule has 2 fully saturated rings. The average Bonchev–Trinajstić information content (AvgIpc) is 3.18. The molecular weight excluding hydrogens is 252 g/mol. The summed E-state index contributed by atoms with van der Waals surface area (Å²) in [6.07, 6.45) is 6.33. The Morgan fingerprint density at radius 1 is 1.45 bits per heavy atom. The van der Waals surface area contributed by atoms with Gasteiger partial charge < -0.3 is 5.32 Å². The fraction of sp³-hybridized carbons (Fsp3) is 0.733. The van der Waals surface area contributed by atoms with Gasteiger partial charge in [0, 0.05) is 30.7 Å². The Morgan fingerprint density at radius 3 is 3.05 bits per heavy atom. The van der Waals surface area contributed by atoms with Crippen LogP contribution in [-0.4, -0.2) is 46.7 Å². The van der Waals surface area contributed by atoms with Gasteiger partial charge in [0.2, 0.25) is 0 Å². The third-order valence-electron chi connectivity index (χ3n) is 4.47. The summed E-state index contributed by atoms with van der Waals surface area (Å²) in [5.41, 5.74) is 1.64. The molecule has 20 heavy (non-hydrogen) atoms. The molecule has 1 aliphatic heterocycles. The normalized spacial score (nSPS) is 23.8. The van der Waals surface area contributed by atoms with Gasteiger partial charge in [-0.3, -0.25) is 14.8 Å². The zero-order valence-electron chi connectivity index (χ0n) is 12.2. The molecule has 1 aromatic heterocycles. The molecule has 0 bridgehead atoms. The zero-order valence-corrected chi connectivity index (χ0v) is 12.2. The summed E-state index contributed by atoms with van der Waals surface area (Å²) in [6, 6.07) is 2.55. The molecule has 0 spiro atoms. The van der Waals surface area contributed by atoms with E-state index in [0.29, 0.717) is 24.2 Å². The van der Waals surface area contributed by atoms with Crippen LogP contribution in [0.1, 0.15) is 61.1 Å². The number of amides is 1. The third kappa shape index (κ3) is 3.20. The Bertz CT molecular complexity index is 466. The molecule has 1 atom stereocenters. The maximum atomic E-state index is 12.0. The monoisotopic (exact) mass is 276 g/mol. The van der Waals surface area contributed by atoms with Gasteiger partial charge in [-0.05, 0) is 45.2 Å². The lowest BCUT2D eigenvalue weighted by Gasteiger charge is -2.33. The molecule has 1 aliphatic carbocycles. The first-order chi connectivity index (χ1) is 9.74. The van der Waals surface area contributed by atoms with Gasteiger partial charge in [-0.1, -0.05) is 6.42 Å². The molecule has 3 rings (SSSR count). The summed E-state index contributed by atoms with van der Waals surface area (Å²) in [5.74, 6) is 0.552. The number of hydrogen-bond acceptors (Lipinski definition) is 3. The SMILES string of the molecule is CC1CCCCN1CCNC(=O)c1cc(C2CC2)[nH]n1. The van der Waals surface area contributed by atoms with Crippen LogP contribution < -0.4 is 5.32 Å². The number of hydrogen-bond donors (Lipinski definition) is 2. The number of rotatable bonds is 5. The van der Waals surface area contributed by atoms with Crippen molar-refractivity contribution in [2.45, 2.75) is 51.0 Å². The van der Waals surface area contributed by atoms with Crippen LogP contribution in [0.15, 0.2) is 6.07 Å². The van der Waals surface area contributed by atoms with Gasteiger partial charge in [0.25, 0.3) is 5.91 Å². The van der Waals surface area contributed by atoms with E-state index in [1.165, 1.54) is 32.1 Å². The fourth-order valence-electron chi connectivity index (χ4n) is 2.95. The van der Waals surface area contributed by atoms with E-state index in [2.05, 4.69) is 27.3 Å². The summed E-state index contributed by atoms with van der Waals surface area (Å²) in [4.78, 5) is 14.5. The van der Waals surface area contributed by atoms with Crippen molar-refractivity contribution >= 4 is 5.91 Å². The second-order valence-electron chi connectivity index (χ2n) is 6.12. The van der Waals surface area contributed by atoms with Crippen LogP contribution in [0, 0.1) is 0 Å². The van der Waals surface area contributed by atoms with E-state index in [1.807, 2.05) is 6.07 Å². The Balaban J connectivity index is 1.44. The minimum absolute atomic E-state index is 0.0576. The lowest BCUT2D eigenvalue weighted by molar-refractivity contribution is 0.0933. The Kier molecular flexibility index (Phi) is 4.05. The second kappa shape index (κ2) is 5.95. The zero-order chi connectivity index (χ0) is 13.9. The first-order valence-corrected chi connectivity index (χ1v) is 7.81. The number of carbonyl (C=O) groups excluding carboxylic acids is 1. The quantitative estimate of drug-likeness (QED) is 0.863. The van der Waals surface area contributed by atoms with E-state index in [0.717, 1.165) is 18.8 Å². The molecular formula is C15H24N4O. The van der Waals surface area contributed by atoms with Crippen LogP contribution in [-0.2, 0) is 0 Å². The van der Waals surface area contributed by atoms with Gasteiger partial charge in [0.15, 0.2) is 0 Å². The van der Waals surface area contributed by atoms with Crippen molar-refractivity contribution in [3.8, 4) is 0 Å². The van der Waals surface area contributed by atoms with Crippen molar-refractivity contribution in [3.63, 3.8) is 0 Å². The second-order valence-corrected chi connectivity index (χ2v) is 6.12. The van der Waals surface area contributed by atoms with E-state index >= 15 is 0 Å². The highest BCUT2D eigenvalue weighted by molar-refractivity contribution is 5.92. The van der Waals surface area contributed by atoms with Crippen LogP contribution in [0.2, 0.25) is 0 Å². The van der Waals surface area contributed by atoms with Gasteiger partial charge >= 0.3 is 0 Å². The van der Waals surface area contributed by atoms with Crippen molar-refractivity contribution in [2.24, 2.45) is 0 Å². The van der Waals surface area contributed by atoms with Gasteiger partial charge in [-0.25, -0.2) is 0 Å². The number of piperidine rings is 1. The van der Waals surface area contributed by atoms with E-state index in [-0.39, 0.29) is 5.91 Å². The Morgan fingerprint density at radius 2 is 2.30 bits per heavy atom. The smallest absolute Gasteiger partial charge is 0.271 e. The van der Waals surface area contributed by atoms with Crippen molar-refractivity contribution < 1.29 is 4.79 Å². The summed E-state index contributed by atoms with van der Waals surface area (Å²) in [6.45, 7) is 5.07. The fourth-order valence-corrected chi connectivity index (χ4v) is 2.95. The highest BCUT2D eigenvalue weighted by Crippen LogP contribution is 2.38. The topological polar surface area (TPSA) is 61.0 Å². The van der Waals surface area contributed by atoms with Gasteiger partial charge in [-0.2, -0.15) is 5.10 Å². The highest BCUT2D eigenvalue weighted by atomic mass is 16.1. The number of carbonyl (C=O) groups is 1. The van der Waals surface area contributed by atoms with Crippen LogP contribution in [0.3, 0.4) is 0 Å². The first kappa shape index (κ1) is 13.6.